The number of benzene rings is 1. The highest BCUT2D eigenvalue weighted by Gasteiger charge is 2.15. The molecule has 2 nitrogen and oxygen atoms in total. The third kappa shape index (κ3) is 2.94. The van der Waals surface area contributed by atoms with Gasteiger partial charge in [0.15, 0.2) is 0 Å². The van der Waals surface area contributed by atoms with Crippen molar-refractivity contribution >= 4 is 27.3 Å². The summed E-state index contributed by atoms with van der Waals surface area (Å²) in [6.07, 6.45) is 0.0549. The van der Waals surface area contributed by atoms with Crippen LogP contribution in [-0.4, -0.2) is 12.2 Å². The Hall–Kier alpha value is -0.840. The largest absolute Gasteiger partial charge is 0.496 e. The van der Waals surface area contributed by atoms with Gasteiger partial charge in [-0.1, -0.05) is 17.7 Å². The molecule has 0 amide bonds. The van der Waals surface area contributed by atoms with Crippen molar-refractivity contribution in [3.63, 3.8) is 0 Å². The highest BCUT2D eigenvalue weighted by molar-refractivity contribution is 9.10. The lowest BCUT2D eigenvalue weighted by Crippen LogP contribution is -2.02. The van der Waals surface area contributed by atoms with Crippen LogP contribution in [0, 0.1) is 6.92 Å². The summed E-state index contributed by atoms with van der Waals surface area (Å²) in [5.41, 5.74) is 2.20. The van der Waals surface area contributed by atoms with Gasteiger partial charge in [-0.3, -0.25) is 0 Å². The monoisotopic (exact) mass is 326 g/mol. The van der Waals surface area contributed by atoms with Crippen molar-refractivity contribution in [3.8, 4) is 5.75 Å². The molecule has 1 unspecified atom stereocenters. The predicted octanol–water partition coefficient (Wildman–Crippen LogP) is 4.10. The van der Waals surface area contributed by atoms with Crippen LogP contribution < -0.4 is 4.74 Å². The molecule has 0 aliphatic rings. The van der Waals surface area contributed by atoms with Crippen molar-refractivity contribution in [3.05, 3.63) is 50.1 Å². The second-order valence-corrected chi connectivity index (χ2v) is 5.97. The van der Waals surface area contributed by atoms with E-state index in [0.717, 1.165) is 20.7 Å². The average molecular weight is 327 g/mol. The maximum atomic E-state index is 10.3. The van der Waals surface area contributed by atoms with Crippen LogP contribution in [0.25, 0.3) is 0 Å². The molecule has 0 spiro atoms. The van der Waals surface area contributed by atoms with Gasteiger partial charge in [-0.2, -0.15) is 0 Å². The molecule has 1 aromatic carbocycles. The quantitative estimate of drug-likeness (QED) is 0.916. The van der Waals surface area contributed by atoms with Crippen LogP contribution in [0.15, 0.2) is 34.1 Å². The Morgan fingerprint density at radius 2 is 2.17 bits per heavy atom. The Kier molecular flexibility index (Phi) is 4.43. The van der Waals surface area contributed by atoms with Crippen LogP contribution in [0.5, 0.6) is 5.75 Å². The van der Waals surface area contributed by atoms with Crippen molar-refractivity contribution < 1.29 is 9.84 Å². The third-order valence-electron chi connectivity index (χ3n) is 2.80. The van der Waals surface area contributed by atoms with Crippen molar-refractivity contribution in [2.75, 3.05) is 7.11 Å². The smallest absolute Gasteiger partial charge is 0.122 e. The van der Waals surface area contributed by atoms with Gasteiger partial charge in [0.05, 0.1) is 13.2 Å². The van der Waals surface area contributed by atoms with Gasteiger partial charge in [0.1, 0.15) is 5.75 Å². The molecule has 0 radical (unpaired) electrons. The SMILES string of the molecule is COc1ccc(C)cc1CC(O)c1sccc1Br. The van der Waals surface area contributed by atoms with E-state index in [1.807, 2.05) is 30.5 Å². The zero-order chi connectivity index (χ0) is 13.1. The first-order valence-electron chi connectivity index (χ1n) is 5.66. The normalized spacial score (nSPS) is 12.4. The fraction of sp³-hybridized carbons (Fsp3) is 0.286. The Morgan fingerprint density at radius 1 is 1.39 bits per heavy atom. The highest BCUT2D eigenvalue weighted by Crippen LogP contribution is 2.33. The van der Waals surface area contributed by atoms with Crippen molar-refractivity contribution in [1.82, 2.24) is 0 Å². The predicted molar refractivity (Wildman–Crippen MR) is 78.4 cm³/mol. The van der Waals surface area contributed by atoms with Gasteiger partial charge in [-0.15, -0.1) is 11.3 Å². The third-order valence-corrected chi connectivity index (χ3v) is 4.77. The molecule has 1 N–H and O–H groups in total. The standard InChI is InChI=1S/C14H15BrO2S/c1-9-3-4-13(17-2)10(7-9)8-12(16)14-11(15)5-6-18-14/h3-7,12,16H,8H2,1-2H3. The molecule has 96 valence electrons. The van der Waals surface area contributed by atoms with Crippen LogP contribution >= 0.6 is 27.3 Å². The van der Waals surface area contributed by atoms with E-state index in [1.165, 1.54) is 5.56 Å². The van der Waals surface area contributed by atoms with Gasteiger partial charge in [0, 0.05) is 15.8 Å². The number of aliphatic hydroxyl groups excluding tert-OH is 1. The van der Waals surface area contributed by atoms with Gasteiger partial charge < -0.3 is 9.84 Å². The molecule has 1 heterocycles. The maximum absolute atomic E-state index is 10.3. The average Bonchev–Trinajstić information content (AvgIpc) is 2.76. The van der Waals surface area contributed by atoms with Gasteiger partial charge in [-0.05, 0) is 45.9 Å². The number of hydrogen-bond acceptors (Lipinski definition) is 3. The molecule has 0 bridgehead atoms. The summed E-state index contributed by atoms with van der Waals surface area (Å²) in [5, 5.41) is 12.2. The van der Waals surface area contributed by atoms with Crippen molar-refractivity contribution in [2.45, 2.75) is 19.4 Å². The molecule has 0 aliphatic carbocycles. The van der Waals surface area contributed by atoms with E-state index in [4.69, 9.17) is 4.74 Å². The second kappa shape index (κ2) is 5.87. The van der Waals surface area contributed by atoms with Crippen molar-refractivity contribution in [1.29, 1.82) is 0 Å². The number of methoxy groups -OCH3 is 1. The zero-order valence-corrected chi connectivity index (χ0v) is 12.7. The van der Waals surface area contributed by atoms with Crippen LogP contribution in [0.4, 0.5) is 0 Å². The van der Waals surface area contributed by atoms with E-state index < -0.39 is 6.10 Å². The molecular formula is C14H15BrO2S. The summed E-state index contributed by atoms with van der Waals surface area (Å²) in [6.45, 7) is 2.04. The molecule has 18 heavy (non-hydrogen) atoms. The van der Waals surface area contributed by atoms with E-state index in [1.54, 1.807) is 18.4 Å². The number of hydrogen-bond donors (Lipinski definition) is 1. The van der Waals surface area contributed by atoms with Crippen LogP contribution in [-0.2, 0) is 6.42 Å². The fourth-order valence-electron chi connectivity index (χ4n) is 1.91. The minimum atomic E-state index is -0.505. The van der Waals surface area contributed by atoms with Gasteiger partial charge >= 0.3 is 0 Å². The summed E-state index contributed by atoms with van der Waals surface area (Å²) in [7, 11) is 1.65. The van der Waals surface area contributed by atoms with E-state index in [0.29, 0.717) is 6.42 Å². The molecule has 0 saturated carbocycles. The second-order valence-electron chi connectivity index (χ2n) is 4.17. The Morgan fingerprint density at radius 3 is 2.78 bits per heavy atom. The maximum Gasteiger partial charge on any atom is 0.122 e. The minimum Gasteiger partial charge on any atom is -0.496 e. The molecule has 4 heteroatoms. The van der Waals surface area contributed by atoms with E-state index >= 15 is 0 Å². The molecule has 0 aliphatic heterocycles. The van der Waals surface area contributed by atoms with Gasteiger partial charge in [0.25, 0.3) is 0 Å². The van der Waals surface area contributed by atoms with E-state index in [-0.39, 0.29) is 0 Å². The van der Waals surface area contributed by atoms with Crippen LogP contribution in [0.2, 0.25) is 0 Å². The lowest BCUT2D eigenvalue weighted by Gasteiger charge is -2.13. The zero-order valence-electron chi connectivity index (χ0n) is 10.3. The Labute approximate surface area is 119 Å². The van der Waals surface area contributed by atoms with E-state index in [9.17, 15) is 5.11 Å². The van der Waals surface area contributed by atoms with Gasteiger partial charge in [-0.25, -0.2) is 0 Å². The van der Waals surface area contributed by atoms with Crippen molar-refractivity contribution in [2.24, 2.45) is 0 Å². The molecule has 0 fully saturated rings. The summed E-state index contributed by atoms with van der Waals surface area (Å²) < 4.78 is 6.29. The minimum absolute atomic E-state index is 0.505. The summed E-state index contributed by atoms with van der Waals surface area (Å²) >= 11 is 5.01. The first-order chi connectivity index (χ1) is 8.61. The number of aryl methyl sites for hydroxylation is 1. The molecule has 2 aromatic rings. The summed E-state index contributed by atoms with van der Waals surface area (Å²) in [6, 6.07) is 7.97. The first kappa shape index (κ1) is 13.6. The lowest BCUT2D eigenvalue weighted by molar-refractivity contribution is 0.180. The Bertz CT molecular complexity index is 536. The molecule has 0 saturated heterocycles. The van der Waals surface area contributed by atoms with Crippen LogP contribution in [0.1, 0.15) is 22.1 Å². The first-order valence-corrected chi connectivity index (χ1v) is 7.33. The number of ether oxygens (including phenoxy) is 1. The fourth-order valence-corrected chi connectivity index (χ4v) is 3.53. The van der Waals surface area contributed by atoms with Crippen LogP contribution in [0.3, 0.4) is 0 Å². The summed E-state index contributed by atoms with van der Waals surface area (Å²) in [5.74, 6) is 0.826. The highest BCUT2D eigenvalue weighted by atomic mass is 79.9. The molecular weight excluding hydrogens is 312 g/mol. The lowest BCUT2D eigenvalue weighted by atomic mass is 10.0. The number of rotatable bonds is 4. The number of aliphatic hydroxyl groups is 1. The summed E-state index contributed by atoms with van der Waals surface area (Å²) in [4.78, 5) is 0.957. The van der Waals surface area contributed by atoms with E-state index in [2.05, 4.69) is 22.0 Å². The molecule has 1 atom stereocenters. The topological polar surface area (TPSA) is 29.5 Å². The molecule has 2 rings (SSSR count). The van der Waals surface area contributed by atoms with Gasteiger partial charge in [0.2, 0.25) is 0 Å². The number of halogens is 1. The molecule has 1 aromatic heterocycles. The Balaban J connectivity index is 2.23. The number of thiophene rings is 1.